The molecule has 0 saturated carbocycles. The van der Waals surface area contributed by atoms with Crippen molar-refractivity contribution in [2.45, 2.75) is 131 Å². The van der Waals surface area contributed by atoms with Gasteiger partial charge in [-0.15, -0.1) is 0 Å². The summed E-state index contributed by atoms with van der Waals surface area (Å²) in [5, 5.41) is 0. The SMILES string of the molecule is CCCC[C](CCCC)=[Zr+2]([C]1=CC=CC1)[c]1c(CC(C)C(C)C(C)(C)c2ccccc2)ccc2c1Cc1cc(C)c(C(C)(C)c3ccccc3)cc1-2.[Cl-].[Cl-]. The Morgan fingerprint density at radius 3 is 1.94 bits per heavy atom. The maximum Gasteiger partial charge on any atom is -1.00 e. The van der Waals surface area contributed by atoms with E-state index >= 15 is 0 Å². The molecular formula is C51H64Cl2Zr. The van der Waals surface area contributed by atoms with Gasteiger partial charge in [0.15, 0.2) is 0 Å². The first-order chi connectivity index (χ1) is 25.0. The number of halogens is 2. The van der Waals surface area contributed by atoms with Gasteiger partial charge in [-0.25, -0.2) is 0 Å². The van der Waals surface area contributed by atoms with Crippen LogP contribution in [-0.2, 0) is 44.9 Å². The molecule has 4 aromatic rings. The molecule has 0 bridgehead atoms. The van der Waals surface area contributed by atoms with Gasteiger partial charge in [0.05, 0.1) is 0 Å². The van der Waals surface area contributed by atoms with Gasteiger partial charge in [0.25, 0.3) is 0 Å². The van der Waals surface area contributed by atoms with Gasteiger partial charge in [0, 0.05) is 0 Å². The first-order valence-electron chi connectivity index (χ1n) is 20.5. The van der Waals surface area contributed by atoms with Crippen molar-refractivity contribution >= 4 is 6.48 Å². The minimum absolute atomic E-state index is 0. The molecule has 0 nitrogen and oxygen atoms in total. The number of allylic oxidation sites excluding steroid dienone is 4. The van der Waals surface area contributed by atoms with E-state index in [1.54, 1.807) is 11.1 Å². The second-order valence-electron chi connectivity index (χ2n) is 17.2. The van der Waals surface area contributed by atoms with Crippen LogP contribution in [0.1, 0.15) is 139 Å². The van der Waals surface area contributed by atoms with Gasteiger partial charge in [-0.3, -0.25) is 0 Å². The second kappa shape index (κ2) is 19.2. The van der Waals surface area contributed by atoms with Crippen molar-refractivity contribution < 1.29 is 46.1 Å². The summed E-state index contributed by atoms with van der Waals surface area (Å²) in [7, 11) is 0. The van der Waals surface area contributed by atoms with Crippen LogP contribution in [0, 0.1) is 18.8 Å². The van der Waals surface area contributed by atoms with E-state index in [9.17, 15) is 0 Å². The quantitative estimate of drug-likeness (QED) is 0.104. The largest absolute Gasteiger partial charge is 1.00 e. The molecule has 2 unspecified atom stereocenters. The molecule has 0 aromatic heterocycles. The Labute approximate surface area is 349 Å². The van der Waals surface area contributed by atoms with Crippen LogP contribution in [-0.4, -0.2) is 3.21 Å². The third kappa shape index (κ3) is 9.12. The van der Waals surface area contributed by atoms with Gasteiger partial charge in [-0.1, -0.05) is 0 Å². The van der Waals surface area contributed by atoms with Crippen molar-refractivity contribution in [1.82, 2.24) is 0 Å². The number of hydrogen-bond donors (Lipinski definition) is 0. The zero-order valence-corrected chi connectivity index (χ0v) is 38.6. The Hall–Kier alpha value is -2.31. The molecule has 3 heteroatoms. The molecule has 6 rings (SSSR count). The van der Waals surface area contributed by atoms with E-state index in [-0.39, 0.29) is 35.6 Å². The van der Waals surface area contributed by atoms with Crippen molar-refractivity contribution in [3.63, 3.8) is 0 Å². The van der Waals surface area contributed by atoms with E-state index < -0.39 is 21.3 Å². The van der Waals surface area contributed by atoms with E-state index in [1.165, 1.54) is 77.5 Å². The number of fused-ring (bicyclic) bond motifs is 3. The Morgan fingerprint density at radius 1 is 0.759 bits per heavy atom. The third-order valence-electron chi connectivity index (χ3n) is 13.1. The molecule has 0 amide bonds. The fourth-order valence-corrected chi connectivity index (χ4v) is 18.2. The third-order valence-corrected chi connectivity index (χ3v) is 21.3. The van der Waals surface area contributed by atoms with Crippen LogP contribution >= 0.6 is 0 Å². The summed E-state index contributed by atoms with van der Waals surface area (Å²) in [6.45, 7) is 21.9. The van der Waals surface area contributed by atoms with Crippen molar-refractivity contribution in [1.29, 1.82) is 0 Å². The van der Waals surface area contributed by atoms with Gasteiger partial charge in [-0.2, -0.15) is 0 Å². The molecule has 0 radical (unpaired) electrons. The summed E-state index contributed by atoms with van der Waals surface area (Å²) in [6.07, 6.45) is 18.6. The number of hydrogen-bond acceptors (Lipinski definition) is 0. The number of aryl methyl sites for hydroxylation is 1. The second-order valence-corrected chi connectivity index (χ2v) is 23.6. The van der Waals surface area contributed by atoms with Crippen LogP contribution in [0.3, 0.4) is 0 Å². The molecule has 0 saturated heterocycles. The van der Waals surface area contributed by atoms with Gasteiger partial charge >= 0.3 is 327 Å². The number of unbranched alkanes of at least 4 members (excludes halogenated alkanes) is 2. The van der Waals surface area contributed by atoms with E-state index in [0.717, 1.165) is 19.3 Å². The summed E-state index contributed by atoms with van der Waals surface area (Å²) in [4.78, 5) is 0. The summed E-state index contributed by atoms with van der Waals surface area (Å²) >= 11 is -2.46. The molecule has 0 fully saturated rings. The van der Waals surface area contributed by atoms with Crippen LogP contribution in [0.2, 0.25) is 0 Å². The van der Waals surface area contributed by atoms with Gasteiger partial charge < -0.3 is 24.8 Å². The monoisotopic (exact) mass is 836 g/mol. The molecule has 54 heavy (non-hydrogen) atoms. The van der Waals surface area contributed by atoms with Crippen molar-refractivity contribution in [3.8, 4) is 11.1 Å². The minimum Gasteiger partial charge on any atom is -1.00 e. The number of benzene rings is 4. The van der Waals surface area contributed by atoms with E-state index in [4.69, 9.17) is 0 Å². The molecule has 2 atom stereocenters. The molecule has 2 aliphatic rings. The van der Waals surface area contributed by atoms with Crippen LogP contribution < -0.4 is 28.1 Å². The first kappa shape index (κ1) is 44.4. The van der Waals surface area contributed by atoms with E-state index in [1.807, 2.05) is 9.76 Å². The van der Waals surface area contributed by atoms with Crippen molar-refractivity contribution in [2.75, 3.05) is 0 Å². The summed E-state index contributed by atoms with van der Waals surface area (Å²) < 4.78 is 5.63. The molecule has 2 aliphatic carbocycles. The van der Waals surface area contributed by atoms with Crippen LogP contribution in [0.4, 0.5) is 0 Å². The normalized spacial score (nSPS) is 14.2. The zero-order chi connectivity index (χ0) is 37.0. The topological polar surface area (TPSA) is 0 Å². The van der Waals surface area contributed by atoms with Crippen LogP contribution in [0.25, 0.3) is 11.1 Å². The molecule has 0 heterocycles. The maximum absolute atomic E-state index is 2.62. The minimum atomic E-state index is -2.46. The molecule has 286 valence electrons. The molecular weight excluding hydrogens is 775 g/mol. The molecule has 0 aliphatic heterocycles. The Balaban J connectivity index is 0.00000325. The van der Waals surface area contributed by atoms with E-state index in [0.29, 0.717) is 11.8 Å². The summed E-state index contributed by atoms with van der Waals surface area (Å²) in [6, 6.07) is 32.7. The van der Waals surface area contributed by atoms with Gasteiger partial charge in [-0.05, 0) is 0 Å². The summed E-state index contributed by atoms with van der Waals surface area (Å²) in [5.74, 6) is 1.10. The average Bonchev–Trinajstić information content (AvgIpc) is 3.81. The predicted octanol–water partition coefficient (Wildman–Crippen LogP) is 7.33. The summed E-state index contributed by atoms with van der Waals surface area (Å²) in [5.41, 5.74) is 13.7. The standard InChI is InChI=1S/C37H41.C9H18.C5H5.2ClH.Zr/c1-25(27(3)36(4,5)31-14-10-8-11-15-31)20-28-18-19-33-30(22-28)23-29-21-26(2)35(24-34(29)33)37(6,7)32-16-12-9-13-17-32;1-3-5-7-9-8-6-4-2;1-2-4-5-3-1;;;/h8-19,21,24-25,27H,20,23H2,1-7H3;3-8H2,1-2H3;1-3H,4H2;2*1H;/q;;;;;+2/p-2. The van der Waals surface area contributed by atoms with E-state index in [2.05, 4.69) is 165 Å². The zero-order valence-electron chi connectivity index (χ0n) is 34.6. The Kier molecular flexibility index (Phi) is 15.8. The van der Waals surface area contributed by atoms with Crippen molar-refractivity contribution in [3.05, 3.63) is 145 Å². The average molecular weight is 839 g/mol. The Bertz CT molecular complexity index is 1950. The molecule has 4 aromatic carbocycles. The van der Waals surface area contributed by atoms with Gasteiger partial charge in [0.2, 0.25) is 0 Å². The number of rotatable bonds is 15. The van der Waals surface area contributed by atoms with Crippen LogP contribution in [0.15, 0.2) is 106 Å². The first-order valence-corrected chi connectivity index (χ1v) is 24.2. The molecule has 0 N–H and O–H groups in total. The maximum atomic E-state index is 2.62. The Morgan fingerprint density at radius 2 is 1.37 bits per heavy atom. The smallest absolute Gasteiger partial charge is 1.00 e. The van der Waals surface area contributed by atoms with Gasteiger partial charge in [0.1, 0.15) is 0 Å². The molecule has 0 spiro atoms. The predicted molar refractivity (Wildman–Crippen MR) is 225 cm³/mol. The van der Waals surface area contributed by atoms with Crippen molar-refractivity contribution in [2.24, 2.45) is 11.8 Å². The fraction of sp³-hybridized carbons (Fsp3) is 0.431. The fourth-order valence-electron chi connectivity index (χ4n) is 9.37. The van der Waals surface area contributed by atoms with Crippen LogP contribution in [0.5, 0.6) is 0 Å².